The lowest BCUT2D eigenvalue weighted by Gasteiger charge is -2.15. The van der Waals surface area contributed by atoms with Crippen LogP contribution in [0.5, 0.6) is 17.2 Å². The molecule has 1 amide bonds. The van der Waals surface area contributed by atoms with Crippen LogP contribution in [-0.4, -0.2) is 39.3 Å². The molecule has 0 heterocycles. The van der Waals surface area contributed by atoms with E-state index in [1.807, 2.05) is 0 Å². The van der Waals surface area contributed by atoms with Gasteiger partial charge < -0.3 is 24.3 Å². The molecular weight excluding hydrogens is 369 g/mol. The molecule has 2 rings (SSSR count). The van der Waals surface area contributed by atoms with Crippen LogP contribution in [0.3, 0.4) is 0 Å². The fourth-order valence-electron chi connectivity index (χ4n) is 2.47. The van der Waals surface area contributed by atoms with Crippen LogP contribution >= 0.6 is 0 Å². The molecule has 0 fully saturated rings. The summed E-state index contributed by atoms with van der Waals surface area (Å²) in [6.07, 6.45) is -1.12. The van der Waals surface area contributed by atoms with E-state index in [4.69, 9.17) is 18.9 Å². The number of esters is 1. The summed E-state index contributed by atoms with van der Waals surface area (Å²) < 4.78 is 33.8. The van der Waals surface area contributed by atoms with E-state index in [0.717, 1.165) is 0 Å². The molecule has 0 radical (unpaired) electrons. The van der Waals surface area contributed by atoms with Crippen molar-refractivity contribution in [2.45, 2.75) is 19.4 Å². The molecule has 0 unspecified atom stereocenters. The third-order valence-electron chi connectivity index (χ3n) is 3.86. The van der Waals surface area contributed by atoms with Crippen LogP contribution in [-0.2, 0) is 20.7 Å². The van der Waals surface area contributed by atoms with Gasteiger partial charge in [-0.3, -0.25) is 9.59 Å². The van der Waals surface area contributed by atoms with E-state index in [2.05, 4.69) is 5.32 Å². The molecule has 0 spiro atoms. The standard InChI is InChI=1S/C20H22FNO6/c1-12(20(24)22-15-7-5-14(21)6-8-15)28-18(23)11-13-9-16(25-2)19(27-4)17(10-13)26-3/h5-10,12H,11H2,1-4H3,(H,22,24)/t12-/m1/s1. The van der Waals surface area contributed by atoms with Crippen molar-refractivity contribution in [1.29, 1.82) is 0 Å². The van der Waals surface area contributed by atoms with Gasteiger partial charge >= 0.3 is 5.97 Å². The van der Waals surface area contributed by atoms with E-state index in [1.54, 1.807) is 12.1 Å². The van der Waals surface area contributed by atoms with Gasteiger partial charge in [0.1, 0.15) is 5.82 Å². The fraction of sp³-hybridized carbons (Fsp3) is 0.300. The maximum atomic E-state index is 12.9. The Morgan fingerprint density at radius 1 is 1.00 bits per heavy atom. The number of hydrogen-bond donors (Lipinski definition) is 1. The highest BCUT2D eigenvalue weighted by molar-refractivity contribution is 5.95. The van der Waals surface area contributed by atoms with E-state index in [9.17, 15) is 14.0 Å². The van der Waals surface area contributed by atoms with Crippen LogP contribution in [0.4, 0.5) is 10.1 Å². The Kier molecular flexibility index (Phi) is 7.20. The van der Waals surface area contributed by atoms with E-state index < -0.39 is 23.8 Å². The van der Waals surface area contributed by atoms with Crippen molar-refractivity contribution in [3.8, 4) is 17.2 Å². The van der Waals surface area contributed by atoms with Gasteiger partial charge in [0.25, 0.3) is 5.91 Å². The molecule has 7 nitrogen and oxygen atoms in total. The highest BCUT2D eigenvalue weighted by atomic mass is 19.1. The predicted octanol–water partition coefficient (Wildman–Crippen LogP) is 2.96. The second-order valence-electron chi connectivity index (χ2n) is 5.84. The molecule has 1 atom stereocenters. The lowest BCUT2D eigenvalue weighted by Crippen LogP contribution is -2.30. The number of carbonyl (C=O) groups excluding carboxylic acids is 2. The van der Waals surface area contributed by atoms with Crippen molar-refractivity contribution in [3.63, 3.8) is 0 Å². The second-order valence-corrected chi connectivity index (χ2v) is 5.84. The van der Waals surface area contributed by atoms with Gasteiger partial charge in [0.2, 0.25) is 5.75 Å². The molecule has 2 aromatic carbocycles. The van der Waals surface area contributed by atoms with Gasteiger partial charge in [0.05, 0.1) is 27.8 Å². The van der Waals surface area contributed by atoms with Crippen molar-refractivity contribution in [2.75, 3.05) is 26.6 Å². The van der Waals surface area contributed by atoms with Crippen molar-refractivity contribution >= 4 is 17.6 Å². The lowest BCUT2D eigenvalue weighted by atomic mass is 10.1. The van der Waals surface area contributed by atoms with Crippen molar-refractivity contribution in [2.24, 2.45) is 0 Å². The number of nitrogens with one attached hydrogen (secondary N) is 1. The largest absolute Gasteiger partial charge is 0.493 e. The first kappa shape index (κ1) is 21.0. The average molecular weight is 391 g/mol. The molecule has 0 aromatic heterocycles. The average Bonchev–Trinajstić information content (AvgIpc) is 2.68. The first-order chi connectivity index (χ1) is 13.4. The van der Waals surface area contributed by atoms with Crippen LogP contribution < -0.4 is 19.5 Å². The minimum absolute atomic E-state index is 0.0924. The van der Waals surface area contributed by atoms with Gasteiger partial charge in [-0.15, -0.1) is 0 Å². The third kappa shape index (κ3) is 5.35. The van der Waals surface area contributed by atoms with Gasteiger partial charge in [-0.1, -0.05) is 0 Å². The van der Waals surface area contributed by atoms with Crippen LogP contribution in [0.1, 0.15) is 12.5 Å². The number of methoxy groups -OCH3 is 3. The zero-order valence-electron chi connectivity index (χ0n) is 16.1. The Balaban J connectivity index is 2.00. The molecule has 8 heteroatoms. The van der Waals surface area contributed by atoms with Gasteiger partial charge in [0, 0.05) is 5.69 Å². The van der Waals surface area contributed by atoms with E-state index in [-0.39, 0.29) is 6.42 Å². The second kappa shape index (κ2) is 9.59. The van der Waals surface area contributed by atoms with E-state index in [0.29, 0.717) is 28.5 Å². The minimum Gasteiger partial charge on any atom is -0.493 e. The van der Waals surface area contributed by atoms with Crippen LogP contribution in [0.15, 0.2) is 36.4 Å². The summed E-state index contributed by atoms with van der Waals surface area (Å²) in [6.45, 7) is 1.45. The van der Waals surface area contributed by atoms with Crippen LogP contribution in [0, 0.1) is 5.82 Å². The molecule has 2 aromatic rings. The first-order valence-corrected chi connectivity index (χ1v) is 8.42. The molecule has 0 aliphatic rings. The molecule has 1 N–H and O–H groups in total. The van der Waals surface area contributed by atoms with Gasteiger partial charge in [0.15, 0.2) is 17.6 Å². The third-order valence-corrected chi connectivity index (χ3v) is 3.86. The van der Waals surface area contributed by atoms with Crippen molar-refractivity contribution in [3.05, 3.63) is 47.8 Å². The summed E-state index contributed by atoms with van der Waals surface area (Å²) in [6, 6.07) is 8.53. The number of carbonyl (C=O) groups is 2. The van der Waals surface area contributed by atoms with Gasteiger partial charge in [-0.05, 0) is 48.9 Å². The number of amides is 1. The molecule has 0 bridgehead atoms. The number of hydrogen-bond acceptors (Lipinski definition) is 6. The molecule has 0 saturated heterocycles. The number of ether oxygens (including phenoxy) is 4. The number of halogens is 1. The summed E-state index contributed by atoms with van der Waals surface area (Å²) in [5, 5.41) is 2.55. The van der Waals surface area contributed by atoms with Crippen molar-refractivity contribution < 1.29 is 32.9 Å². The number of rotatable bonds is 8. The Bertz CT molecular complexity index is 812. The summed E-state index contributed by atoms with van der Waals surface area (Å²) in [4.78, 5) is 24.3. The SMILES string of the molecule is COc1cc(CC(=O)O[C@H](C)C(=O)Nc2ccc(F)cc2)cc(OC)c1OC. The van der Waals surface area contributed by atoms with Crippen molar-refractivity contribution in [1.82, 2.24) is 0 Å². The summed E-state index contributed by atoms with van der Waals surface area (Å²) >= 11 is 0. The Morgan fingerprint density at radius 2 is 1.57 bits per heavy atom. The Morgan fingerprint density at radius 3 is 2.07 bits per heavy atom. The van der Waals surface area contributed by atoms with Gasteiger partial charge in [-0.2, -0.15) is 0 Å². The summed E-state index contributed by atoms with van der Waals surface area (Å²) in [7, 11) is 4.43. The summed E-state index contributed by atoms with van der Waals surface area (Å²) in [5.41, 5.74) is 0.976. The van der Waals surface area contributed by atoms with E-state index >= 15 is 0 Å². The molecule has 0 aliphatic heterocycles. The minimum atomic E-state index is -1.03. The first-order valence-electron chi connectivity index (χ1n) is 8.42. The maximum Gasteiger partial charge on any atom is 0.311 e. The Hall–Kier alpha value is -3.29. The van der Waals surface area contributed by atoms with E-state index in [1.165, 1.54) is 52.5 Å². The summed E-state index contributed by atoms with van der Waals surface area (Å²) in [5.74, 6) is -0.309. The molecule has 0 saturated carbocycles. The molecule has 150 valence electrons. The number of anilines is 1. The fourth-order valence-corrected chi connectivity index (χ4v) is 2.47. The maximum absolute atomic E-state index is 12.9. The quantitative estimate of drug-likeness (QED) is 0.697. The highest BCUT2D eigenvalue weighted by Crippen LogP contribution is 2.38. The molecule has 28 heavy (non-hydrogen) atoms. The van der Waals surface area contributed by atoms with Crippen LogP contribution in [0.2, 0.25) is 0 Å². The normalized spacial score (nSPS) is 11.3. The Labute approximate surface area is 162 Å². The van der Waals surface area contributed by atoms with Gasteiger partial charge in [-0.25, -0.2) is 4.39 Å². The topological polar surface area (TPSA) is 83.1 Å². The zero-order chi connectivity index (χ0) is 20.7. The molecule has 0 aliphatic carbocycles. The monoisotopic (exact) mass is 391 g/mol. The zero-order valence-corrected chi connectivity index (χ0v) is 16.1. The lowest BCUT2D eigenvalue weighted by molar-refractivity contribution is -0.152. The molecular formula is C20H22FNO6. The predicted molar refractivity (Wildman–Crippen MR) is 100 cm³/mol. The highest BCUT2D eigenvalue weighted by Gasteiger charge is 2.20. The number of benzene rings is 2. The smallest absolute Gasteiger partial charge is 0.311 e. The van der Waals surface area contributed by atoms with Crippen LogP contribution in [0.25, 0.3) is 0 Å².